The van der Waals surface area contributed by atoms with Gasteiger partial charge in [0.15, 0.2) is 0 Å². The van der Waals surface area contributed by atoms with Gasteiger partial charge in [-0.25, -0.2) is 4.79 Å². The minimum absolute atomic E-state index is 0.0414. The number of rotatable bonds is 3. The number of hydrogen-bond acceptors (Lipinski definition) is 3. The summed E-state index contributed by atoms with van der Waals surface area (Å²) in [5.74, 6) is 1.66. The van der Waals surface area contributed by atoms with Gasteiger partial charge in [-0.3, -0.25) is 0 Å². The largest absolute Gasteiger partial charge is 0.322 e. The van der Waals surface area contributed by atoms with Crippen molar-refractivity contribution in [2.45, 2.75) is 38.1 Å². The third kappa shape index (κ3) is 3.05. The summed E-state index contributed by atoms with van der Waals surface area (Å²) >= 11 is 3.48. The molecule has 6 nitrogen and oxygen atoms in total. The number of likely N-dealkylation sites (tertiary alicyclic amines) is 1. The molecular weight excluding hydrogens is 370 g/mol. The van der Waals surface area contributed by atoms with Gasteiger partial charge in [0.1, 0.15) is 12.2 Å². The van der Waals surface area contributed by atoms with Gasteiger partial charge in [-0.15, -0.1) is 10.2 Å². The maximum atomic E-state index is 12.5. The van der Waals surface area contributed by atoms with Crippen LogP contribution in [0.1, 0.15) is 42.6 Å². The predicted molar refractivity (Wildman–Crippen MR) is 95.1 cm³/mol. The predicted octanol–water partition coefficient (Wildman–Crippen LogP) is 3.71. The monoisotopic (exact) mass is 389 g/mol. The van der Waals surface area contributed by atoms with Crippen LogP contribution in [0, 0.1) is 6.92 Å². The number of halogens is 1. The van der Waals surface area contributed by atoms with E-state index in [1.54, 1.807) is 0 Å². The first kappa shape index (κ1) is 15.6. The van der Waals surface area contributed by atoms with Crippen molar-refractivity contribution in [2.24, 2.45) is 0 Å². The van der Waals surface area contributed by atoms with Gasteiger partial charge in [0, 0.05) is 29.2 Å². The fourth-order valence-electron chi connectivity index (χ4n) is 3.25. The number of aryl methyl sites for hydroxylation is 1. The highest BCUT2D eigenvalue weighted by molar-refractivity contribution is 9.10. The SMILES string of the molecule is Cc1cc(NC(=O)N2CCC(n3cnnc3C3CC3)C2)ccc1Br. The van der Waals surface area contributed by atoms with Crippen molar-refractivity contribution in [2.75, 3.05) is 18.4 Å². The van der Waals surface area contributed by atoms with Gasteiger partial charge >= 0.3 is 6.03 Å². The van der Waals surface area contributed by atoms with Gasteiger partial charge in [-0.05, 0) is 49.9 Å². The standard InChI is InChI=1S/C17H20BrN5O/c1-11-8-13(4-5-15(11)18)20-17(24)22-7-6-14(9-22)23-10-19-21-16(23)12-2-3-12/h4-5,8,10,12,14H,2-3,6-7,9H2,1H3,(H,20,24). The van der Waals surface area contributed by atoms with Crippen LogP contribution in [-0.2, 0) is 0 Å². The van der Waals surface area contributed by atoms with Crippen LogP contribution in [0.25, 0.3) is 0 Å². The van der Waals surface area contributed by atoms with Crippen LogP contribution < -0.4 is 5.32 Å². The van der Waals surface area contributed by atoms with E-state index in [1.165, 1.54) is 12.8 Å². The molecular formula is C17H20BrN5O. The van der Waals surface area contributed by atoms with E-state index in [0.29, 0.717) is 12.5 Å². The van der Waals surface area contributed by atoms with Gasteiger partial charge < -0.3 is 14.8 Å². The van der Waals surface area contributed by atoms with Crippen molar-refractivity contribution in [1.82, 2.24) is 19.7 Å². The zero-order valence-electron chi connectivity index (χ0n) is 13.6. The van der Waals surface area contributed by atoms with Crippen molar-refractivity contribution in [3.8, 4) is 0 Å². The molecule has 1 saturated carbocycles. The lowest BCUT2D eigenvalue weighted by molar-refractivity contribution is 0.221. The third-order valence-electron chi connectivity index (χ3n) is 4.80. The summed E-state index contributed by atoms with van der Waals surface area (Å²) in [5.41, 5.74) is 1.93. The molecule has 2 fully saturated rings. The Balaban J connectivity index is 1.41. The van der Waals surface area contributed by atoms with Gasteiger partial charge in [-0.1, -0.05) is 15.9 Å². The lowest BCUT2D eigenvalue weighted by Gasteiger charge is -2.18. The summed E-state index contributed by atoms with van der Waals surface area (Å²) < 4.78 is 3.22. The number of hydrogen-bond donors (Lipinski definition) is 1. The van der Waals surface area contributed by atoms with Crippen LogP contribution >= 0.6 is 15.9 Å². The van der Waals surface area contributed by atoms with Crippen molar-refractivity contribution < 1.29 is 4.79 Å². The Morgan fingerprint density at radius 3 is 2.92 bits per heavy atom. The van der Waals surface area contributed by atoms with Gasteiger partial charge in [0.2, 0.25) is 0 Å². The second kappa shape index (κ2) is 6.20. The number of carbonyl (C=O) groups excluding carboxylic acids is 1. The quantitative estimate of drug-likeness (QED) is 0.869. The highest BCUT2D eigenvalue weighted by atomic mass is 79.9. The summed E-state index contributed by atoms with van der Waals surface area (Å²) in [7, 11) is 0. The molecule has 2 heterocycles. The lowest BCUT2D eigenvalue weighted by atomic mass is 10.2. The molecule has 4 rings (SSSR count). The number of nitrogens with zero attached hydrogens (tertiary/aromatic N) is 4. The number of aromatic nitrogens is 3. The van der Waals surface area contributed by atoms with Crippen molar-refractivity contribution in [3.63, 3.8) is 0 Å². The molecule has 24 heavy (non-hydrogen) atoms. The van der Waals surface area contributed by atoms with E-state index in [1.807, 2.05) is 36.4 Å². The van der Waals surface area contributed by atoms with E-state index < -0.39 is 0 Å². The average molecular weight is 390 g/mol. The molecule has 2 aromatic rings. The summed E-state index contributed by atoms with van der Waals surface area (Å²) in [4.78, 5) is 14.4. The Bertz CT molecular complexity index is 770. The first-order chi connectivity index (χ1) is 11.6. The topological polar surface area (TPSA) is 63.1 Å². The summed E-state index contributed by atoms with van der Waals surface area (Å²) in [6.45, 7) is 3.48. The fourth-order valence-corrected chi connectivity index (χ4v) is 3.49. The van der Waals surface area contributed by atoms with Crippen LogP contribution in [0.2, 0.25) is 0 Å². The number of anilines is 1. The number of carbonyl (C=O) groups is 1. The molecule has 0 bridgehead atoms. The highest BCUT2D eigenvalue weighted by Gasteiger charge is 2.34. The van der Waals surface area contributed by atoms with Gasteiger partial charge in [-0.2, -0.15) is 0 Å². The normalized spacial score (nSPS) is 20.4. The molecule has 2 amide bonds. The summed E-state index contributed by atoms with van der Waals surface area (Å²) in [6, 6.07) is 6.08. The Kier molecular flexibility index (Phi) is 4.04. The minimum atomic E-state index is -0.0414. The number of benzene rings is 1. The number of amides is 2. The van der Waals surface area contributed by atoms with Gasteiger partial charge in [0.05, 0.1) is 6.04 Å². The molecule has 1 unspecified atom stereocenters. The zero-order chi connectivity index (χ0) is 16.7. The molecule has 1 saturated heterocycles. The first-order valence-corrected chi connectivity index (χ1v) is 9.12. The van der Waals surface area contributed by atoms with Crippen LogP contribution in [0.15, 0.2) is 29.0 Å². The van der Waals surface area contributed by atoms with Crippen LogP contribution in [0.5, 0.6) is 0 Å². The van der Waals surface area contributed by atoms with Crippen molar-refractivity contribution in [3.05, 3.63) is 40.4 Å². The third-order valence-corrected chi connectivity index (χ3v) is 5.69. The molecule has 1 atom stereocenters. The van der Waals surface area contributed by atoms with Crippen LogP contribution in [0.3, 0.4) is 0 Å². The molecule has 2 aliphatic rings. The van der Waals surface area contributed by atoms with E-state index in [0.717, 1.165) is 34.5 Å². The van der Waals surface area contributed by atoms with Crippen LogP contribution in [0.4, 0.5) is 10.5 Å². The second-order valence-corrected chi connectivity index (χ2v) is 7.51. The van der Waals surface area contributed by atoms with Crippen LogP contribution in [-0.4, -0.2) is 38.8 Å². The van der Waals surface area contributed by atoms with E-state index >= 15 is 0 Å². The maximum Gasteiger partial charge on any atom is 0.321 e. The van der Waals surface area contributed by atoms with E-state index in [9.17, 15) is 4.79 Å². The molecule has 1 aromatic heterocycles. The average Bonchev–Trinajstić information content (AvgIpc) is 3.10. The molecule has 1 aliphatic carbocycles. The number of urea groups is 1. The molecule has 1 aliphatic heterocycles. The zero-order valence-corrected chi connectivity index (χ0v) is 15.2. The second-order valence-electron chi connectivity index (χ2n) is 6.65. The molecule has 1 N–H and O–H groups in total. The molecule has 0 spiro atoms. The molecule has 0 radical (unpaired) electrons. The first-order valence-electron chi connectivity index (χ1n) is 8.33. The van der Waals surface area contributed by atoms with Gasteiger partial charge in [0.25, 0.3) is 0 Å². The Labute approximate surface area is 149 Å². The summed E-state index contributed by atoms with van der Waals surface area (Å²) in [5, 5.41) is 11.3. The lowest BCUT2D eigenvalue weighted by Crippen LogP contribution is -2.33. The van der Waals surface area contributed by atoms with E-state index in [4.69, 9.17) is 0 Å². The Morgan fingerprint density at radius 1 is 1.33 bits per heavy atom. The molecule has 126 valence electrons. The summed E-state index contributed by atoms with van der Waals surface area (Å²) in [6.07, 6.45) is 5.18. The van der Waals surface area contributed by atoms with E-state index in [2.05, 4.69) is 36.0 Å². The smallest absolute Gasteiger partial charge is 0.321 e. The fraction of sp³-hybridized carbons (Fsp3) is 0.471. The number of nitrogens with one attached hydrogen (secondary N) is 1. The minimum Gasteiger partial charge on any atom is -0.322 e. The van der Waals surface area contributed by atoms with E-state index in [-0.39, 0.29) is 12.1 Å². The Morgan fingerprint density at radius 2 is 2.17 bits per heavy atom. The highest BCUT2D eigenvalue weighted by Crippen LogP contribution is 2.40. The van der Waals surface area contributed by atoms with Crippen molar-refractivity contribution >= 4 is 27.6 Å². The molecule has 1 aromatic carbocycles. The van der Waals surface area contributed by atoms with Crippen molar-refractivity contribution in [1.29, 1.82) is 0 Å². The maximum absolute atomic E-state index is 12.5. The molecule has 7 heteroatoms. The Hall–Kier alpha value is -1.89.